The van der Waals surface area contributed by atoms with Gasteiger partial charge in [0.05, 0.1) is 60.7 Å². The van der Waals surface area contributed by atoms with Gasteiger partial charge in [-0.2, -0.15) is 0 Å². The third-order valence-electron chi connectivity index (χ3n) is 8.90. The first-order valence-corrected chi connectivity index (χ1v) is 21.4. The van der Waals surface area contributed by atoms with Crippen molar-refractivity contribution >= 4 is 102 Å². The molecule has 7 rings (SSSR count). The average Bonchev–Trinajstić information content (AvgIpc) is 3.89. The molecule has 0 unspecified atom stereocenters. The smallest absolute Gasteiger partial charge is 0.270 e. The summed E-state index contributed by atoms with van der Waals surface area (Å²) < 4.78 is 11.2. The van der Waals surface area contributed by atoms with E-state index in [9.17, 15) is 9.59 Å². The molecule has 0 saturated carbocycles. The highest BCUT2D eigenvalue weighted by atomic mass is 79.9. The Kier molecular flexibility index (Phi) is 15.5. The summed E-state index contributed by atoms with van der Waals surface area (Å²) in [5.74, 6) is 1.82. The molecule has 302 valence electrons. The number of anilines is 5. The van der Waals surface area contributed by atoms with Gasteiger partial charge in [-0.05, 0) is 82.9 Å². The van der Waals surface area contributed by atoms with Gasteiger partial charge in [-0.15, -0.1) is 11.3 Å². The summed E-state index contributed by atoms with van der Waals surface area (Å²) in [5.41, 5.74) is 4.12. The van der Waals surface area contributed by atoms with Crippen LogP contribution in [0.15, 0.2) is 95.2 Å². The van der Waals surface area contributed by atoms with Crippen molar-refractivity contribution in [1.29, 1.82) is 0 Å². The van der Waals surface area contributed by atoms with Gasteiger partial charge in [-0.25, -0.2) is 15.0 Å². The summed E-state index contributed by atoms with van der Waals surface area (Å²) in [6, 6.07) is 24.4. The number of aryl methyl sites for hydroxylation is 2. The van der Waals surface area contributed by atoms with Crippen molar-refractivity contribution in [2.24, 2.45) is 0 Å². The summed E-state index contributed by atoms with van der Waals surface area (Å²) >= 11 is 18.5. The molecule has 0 spiro atoms. The topological polar surface area (TPSA) is 134 Å². The van der Waals surface area contributed by atoms with E-state index in [1.54, 1.807) is 36.5 Å². The summed E-state index contributed by atoms with van der Waals surface area (Å²) in [4.78, 5) is 43.9. The quantitative estimate of drug-likeness (QED) is 0.103. The van der Waals surface area contributed by atoms with Crippen molar-refractivity contribution in [3.8, 4) is 5.75 Å². The van der Waals surface area contributed by atoms with Gasteiger partial charge in [0.2, 0.25) is 0 Å². The molecule has 1 aliphatic heterocycles. The molecule has 2 amide bonds. The molecule has 1 aliphatic rings. The number of amides is 2. The second kappa shape index (κ2) is 20.9. The van der Waals surface area contributed by atoms with Crippen LogP contribution in [0.1, 0.15) is 36.0 Å². The molecule has 1 fully saturated rings. The van der Waals surface area contributed by atoms with E-state index in [0.717, 1.165) is 67.7 Å². The first kappa shape index (κ1) is 43.0. The Bertz CT molecular complexity index is 2280. The fourth-order valence-corrected chi connectivity index (χ4v) is 8.42. The van der Waals surface area contributed by atoms with E-state index in [0.29, 0.717) is 52.6 Å². The van der Waals surface area contributed by atoms with E-state index in [2.05, 4.69) is 51.7 Å². The van der Waals surface area contributed by atoms with Gasteiger partial charge in [-0.1, -0.05) is 77.0 Å². The maximum absolute atomic E-state index is 13.2. The maximum atomic E-state index is 13.2. The Hall–Kier alpha value is -4.61. The van der Waals surface area contributed by atoms with Crippen molar-refractivity contribution in [3.05, 3.63) is 132 Å². The van der Waals surface area contributed by atoms with Crippen molar-refractivity contribution < 1.29 is 19.1 Å². The van der Waals surface area contributed by atoms with Gasteiger partial charge >= 0.3 is 0 Å². The first-order chi connectivity index (χ1) is 28.1. The van der Waals surface area contributed by atoms with E-state index in [-0.39, 0.29) is 11.8 Å². The highest BCUT2D eigenvalue weighted by molar-refractivity contribution is 9.11. The summed E-state index contributed by atoms with van der Waals surface area (Å²) in [6.45, 7) is 9.50. The lowest BCUT2D eigenvalue weighted by Crippen LogP contribution is -2.39. The molecule has 17 heteroatoms. The first-order valence-electron chi connectivity index (χ1n) is 18.2. The van der Waals surface area contributed by atoms with Crippen molar-refractivity contribution in [3.63, 3.8) is 0 Å². The van der Waals surface area contributed by atoms with Crippen molar-refractivity contribution in [1.82, 2.24) is 19.9 Å². The zero-order chi connectivity index (χ0) is 41.0. The fourth-order valence-electron chi connectivity index (χ4n) is 5.90. The van der Waals surface area contributed by atoms with E-state index in [1.165, 1.54) is 22.7 Å². The molecular formula is C41H41BrCl2N8O4S2. The molecule has 1 saturated heterocycles. The van der Waals surface area contributed by atoms with Crippen LogP contribution in [-0.2, 0) is 11.3 Å². The van der Waals surface area contributed by atoms with Crippen LogP contribution in [0.4, 0.5) is 28.1 Å². The molecule has 0 radical (unpaired) electrons. The summed E-state index contributed by atoms with van der Waals surface area (Å²) in [7, 11) is 1.62. The molecule has 0 atom stereocenters. The number of nitrogens with one attached hydrogen (secondary N) is 3. The number of thiazole rings is 2. The van der Waals surface area contributed by atoms with Gasteiger partial charge < -0.3 is 30.3 Å². The van der Waals surface area contributed by atoms with Gasteiger partial charge in [0.15, 0.2) is 9.05 Å². The highest BCUT2D eigenvalue weighted by Crippen LogP contribution is 2.34. The largest absolute Gasteiger partial charge is 0.497 e. The van der Waals surface area contributed by atoms with Gasteiger partial charge in [0.1, 0.15) is 27.1 Å². The van der Waals surface area contributed by atoms with Crippen LogP contribution in [0.3, 0.4) is 0 Å². The zero-order valence-electron chi connectivity index (χ0n) is 31.9. The third kappa shape index (κ3) is 11.7. The Morgan fingerprint density at radius 2 is 1.57 bits per heavy atom. The van der Waals surface area contributed by atoms with Gasteiger partial charge in [0.25, 0.3) is 11.8 Å². The van der Waals surface area contributed by atoms with Crippen LogP contribution in [-0.4, -0.2) is 78.2 Å². The Labute approximate surface area is 363 Å². The number of carbonyl (C=O) groups excluding carboxylic acids is 2. The number of hydrogen-bond acceptors (Lipinski definition) is 12. The van der Waals surface area contributed by atoms with Gasteiger partial charge in [-0.3, -0.25) is 14.5 Å². The number of benzene rings is 3. The predicted molar refractivity (Wildman–Crippen MR) is 239 cm³/mol. The number of morpholine rings is 1. The Balaban J connectivity index is 0.000000200. The second-order valence-corrected chi connectivity index (χ2v) is 17.1. The second-order valence-electron chi connectivity index (χ2n) is 13.0. The summed E-state index contributed by atoms with van der Waals surface area (Å²) in [6.07, 6.45) is 3.11. The molecule has 58 heavy (non-hydrogen) atoms. The minimum absolute atomic E-state index is 0.139. The average molecular weight is 925 g/mol. The van der Waals surface area contributed by atoms with Crippen LogP contribution < -0.4 is 25.6 Å². The molecule has 12 nitrogen and oxygen atoms in total. The molecule has 0 bridgehead atoms. The fraction of sp³-hybridized carbons (Fsp3) is 0.244. The number of pyridine rings is 1. The van der Waals surface area contributed by atoms with Crippen LogP contribution in [0, 0.1) is 13.8 Å². The molecule has 6 aromatic rings. The number of aromatic nitrogens is 3. The number of hydrogen-bond donors (Lipinski definition) is 3. The summed E-state index contributed by atoms with van der Waals surface area (Å²) in [5, 5.41) is 11.0. The van der Waals surface area contributed by atoms with Crippen molar-refractivity contribution in [2.75, 3.05) is 67.4 Å². The SMILES string of the molecule is COc1ccc(CN(C(=O)c2cnc(Br)s2)c2c(C)cccc2Cl)cc1.Cc1cccc(Cl)c1NC(=O)c1cnc(Nc2cccc(NCCN3CCOCC3)n2)s1. The van der Waals surface area contributed by atoms with E-state index >= 15 is 0 Å². The van der Waals surface area contributed by atoms with Crippen LogP contribution in [0.5, 0.6) is 5.75 Å². The normalized spacial score (nSPS) is 12.6. The number of rotatable bonds is 13. The molecule has 3 aromatic heterocycles. The van der Waals surface area contributed by atoms with Crippen molar-refractivity contribution in [2.45, 2.75) is 20.4 Å². The lowest BCUT2D eigenvalue weighted by Gasteiger charge is -2.26. The molecule has 3 aromatic carbocycles. The predicted octanol–water partition coefficient (Wildman–Crippen LogP) is 9.96. The van der Waals surface area contributed by atoms with Gasteiger partial charge in [0, 0.05) is 26.2 Å². The highest BCUT2D eigenvalue weighted by Gasteiger charge is 2.24. The van der Waals surface area contributed by atoms with E-state index in [4.69, 9.17) is 32.7 Å². The minimum atomic E-state index is -0.252. The molecule has 4 heterocycles. The van der Waals surface area contributed by atoms with E-state index in [1.807, 2.05) is 80.6 Å². The number of para-hydroxylation sites is 2. The number of halogens is 3. The lowest BCUT2D eigenvalue weighted by atomic mass is 10.1. The van der Waals surface area contributed by atoms with Crippen LogP contribution in [0.2, 0.25) is 10.0 Å². The monoisotopic (exact) mass is 922 g/mol. The number of methoxy groups -OCH3 is 1. The van der Waals surface area contributed by atoms with Crippen LogP contribution >= 0.6 is 61.8 Å². The zero-order valence-corrected chi connectivity index (χ0v) is 36.7. The number of ether oxygens (including phenoxy) is 2. The maximum Gasteiger partial charge on any atom is 0.270 e. The lowest BCUT2D eigenvalue weighted by molar-refractivity contribution is 0.0398. The molecule has 0 aliphatic carbocycles. The number of carbonyl (C=O) groups is 2. The molecule has 3 N–H and O–H groups in total. The minimum Gasteiger partial charge on any atom is -0.497 e. The Morgan fingerprint density at radius 1 is 0.879 bits per heavy atom. The third-order valence-corrected chi connectivity index (χ3v) is 11.9. The standard InChI is InChI=1S/C22H25ClN6O2S.C19H16BrClN2O2S/c1-15-4-2-5-16(23)20(15)28-21(30)17-14-25-22(32-17)27-19-7-3-6-18(26-19)24-8-9-29-10-12-31-13-11-29;1-12-4-3-5-15(21)17(12)23(18(24)16-10-22-19(20)26-16)11-13-6-8-14(25-2)9-7-13/h2-7,14H,8-13H2,1H3,(H,28,30)(H2,24,25,26,27);3-10H,11H2,1-2H3. The molecular weight excluding hydrogens is 883 g/mol. The number of nitrogens with zero attached hydrogens (tertiary/aromatic N) is 5. The van der Waals surface area contributed by atoms with E-state index < -0.39 is 0 Å². The van der Waals surface area contributed by atoms with Crippen LogP contribution in [0.25, 0.3) is 0 Å². The Morgan fingerprint density at radius 3 is 2.26 bits per heavy atom.